The fourth-order valence-corrected chi connectivity index (χ4v) is 4.70. The fourth-order valence-electron chi connectivity index (χ4n) is 4.19. The van der Waals surface area contributed by atoms with Crippen LogP contribution in [0.5, 0.6) is 0 Å². The first-order valence-corrected chi connectivity index (χ1v) is 13.7. The highest BCUT2D eigenvalue weighted by molar-refractivity contribution is 6.36. The molecule has 0 saturated heterocycles. The number of hydrogen-bond acceptors (Lipinski definition) is 2. The average molecular weight is 540 g/mol. The number of carbonyl (C=O) groups is 2. The first-order valence-electron chi connectivity index (χ1n) is 13.0. The first kappa shape index (κ1) is 28.7. The molecule has 3 aromatic rings. The molecule has 0 aliphatic carbocycles. The molecule has 0 aliphatic rings. The predicted molar refractivity (Wildman–Crippen MR) is 153 cm³/mol. The lowest BCUT2D eigenvalue weighted by Crippen LogP contribution is -2.52. The maximum Gasteiger partial charge on any atom is 0.243 e. The lowest BCUT2D eigenvalue weighted by Gasteiger charge is -2.33. The summed E-state index contributed by atoms with van der Waals surface area (Å²) < 4.78 is 0. The van der Waals surface area contributed by atoms with Crippen molar-refractivity contribution in [2.24, 2.45) is 0 Å². The number of aryl methyl sites for hydroxylation is 2. The number of nitrogens with zero attached hydrogens (tertiary/aromatic N) is 1. The van der Waals surface area contributed by atoms with Crippen LogP contribution in [0, 0.1) is 0 Å². The fraction of sp³-hybridized carbons (Fsp3) is 0.355. The summed E-state index contributed by atoms with van der Waals surface area (Å²) in [7, 11) is 0. The van der Waals surface area contributed by atoms with Gasteiger partial charge in [0, 0.05) is 41.0 Å². The summed E-state index contributed by atoms with van der Waals surface area (Å²) in [6, 6.07) is 22.7. The highest BCUT2D eigenvalue weighted by Crippen LogP contribution is 2.27. The number of hydrogen-bond donors (Lipinski definition) is 1. The van der Waals surface area contributed by atoms with Crippen molar-refractivity contribution in [3.05, 3.63) is 105 Å². The first-order chi connectivity index (χ1) is 17.8. The predicted octanol–water partition coefficient (Wildman–Crippen LogP) is 7.04. The SMILES string of the molecule is CCc1ccc(CCC(=O)N(Cc2c(Cl)cccc2Cl)[C@H](Cc2ccccc2)C(=O)N[C@@H](C)CC)cc1. The standard InChI is InChI=1S/C31H36Cl2N2O2/c1-4-22(3)34-31(37)29(20-25-10-7-6-8-11-25)35(21-26-27(32)12-9-13-28(26)33)30(36)19-18-24-16-14-23(5-2)15-17-24/h6-17,22,29H,4-5,18-21H2,1-3H3,(H,34,37)/t22-,29+/m0/s1. The number of carbonyl (C=O) groups excluding carboxylic acids is 2. The van der Waals surface area contributed by atoms with Gasteiger partial charge < -0.3 is 10.2 Å². The minimum absolute atomic E-state index is 0.0105. The lowest BCUT2D eigenvalue weighted by molar-refractivity contribution is -0.141. The second-order valence-electron chi connectivity index (χ2n) is 9.42. The zero-order valence-electron chi connectivity index (χ0n) is 21.8. The topological polar surface area (TPSA) is 49.4 Å². The molecule has 37 heavy (non-hydrogen) atoms. The van der Waals surface area contributed by atoms with Crippen molar-refractivity contribution in [3.63, 3.8) is 0 Å². The van der Waals surface area contributed by atoms with Crippen LogP contribution < -0.4 is 5.32 Å². The van der Waals surface area contributed by atoms with E-state index >= 15 is 0 Å². The van der Waals surface area contributed by atoms with Gasteiger partial charge in [0.15, 0.2) is 0 Å². The summed E-state index contributed by atoms with van der Waals surface area (Å²) in [5.41, 5.74) is 3.96. The molecule has 3 rings (SSSR count). The number of benzene rings is 3. The van der Waals surface area contributed by atoms with Gasteiger partial charge in [-0.05, 0) is 55.0 Å². The Morgan fingerprint density at radius 1 is 0.838 bits per heavy atom. The molecule has 0 aromatic heterocycles. The normalized spacial score (nSPS) is 12.6. The molecule has 3 aromatic carbocycles. The minimum atomic E-state index is -0.710. The van der Waals surface area contributed by atoms with Gasteiger partial charge in [-0.25, -0.2) is 0 Å². The molecule has 0 aliphatic heterocycles. The minimum Gasteiger partial charge on any atom is -0.352 e. The summed E-state index contributed by atoms with van der Waals surface area (Å²) in [4.78, 5) is 29.1. The largest absolute Gasteiger partial charge is 0.352 e. The van der Waals surface area contributed by atoms with E-state index in [9.17, 15) is 9.59 Å². The van der Waals surface area contributed by atoms with Gasteiger partial charge in [0.05, 0.1) is 0 Å². The van der Waals surface area contributed by atoms with Gasteiger partial charge in [-0.1, -0.05) is 97.7 Å². The van der Waals surface area contributed by atoms with Crippen LogP contribution in [0.15, 0.2) is 72.8 Å². The molecule has 0 bridgehead atoms. The van der Waals surface area contributed by atoms with Gasteiger partial charge in [-0.15, -0.1) is 0 Å². The molecule has 0 fully saturated rings. The molecule has 2 atom stereocenters. The lowest BCUT2D eigenvalue weighted by atomic mass is 10.0. The van der Waals surface area contributed by atoms with Gasteiger partial charge in [0.1, 0.15) is 6.04 Å². The molecule has 0 unspecified atom stereocenters. The number of halogens is 2. The zero-order valence-corrected chi connectivity index (χ0v) is 23.4. The molecule has 196 valence electrons. The summed E-state index contributed by atoms with van der Waals surface area (Å²) in [6.07, 6.45) is 3.01. The monoisotopic (exact) mass is 538 g/mol. The van der Waals surface area contributed by atoms with Crippen LogP contribution in [0.4, 0.5) is 0 Å². The Bertz CT molecular complexity index is 1150. The van der Waals surface area contributed by atoms with Crippen LogP contribution in [-0.4, -0.2) is 28.8 Å². The molecule has 1 N–H and O–H groups in total. The summed E-state index contributed by atoms with van der Waals surface area (Å²) in [5, 5.41) is 4.03. The number of rotatable bonds is 12. The molecule has 2 amide bonds. The maximum absolute atomic E-state index is 13.8. The Hall–Kier alpha value is -2.82. The van der Waals surface area contributed by atoms with Crippen molar-refractivity contribution >= 4 is 35.0 Å². The van der Waals surface area contributed by atoms with E-state index in [0.29, 0.717) is 28.5 Å². The van der Waals surface area contributed by atoms with E-state index in [1.165, 1.54) is 5.56 Å². The van der Waals surface area contributed by atoms with E-state index in [1.54, 1.807) is 23.1 Å². The smallest absolute Gasteiger partial charge is 0.243 e. The highest BCUT2D eigenvalue weighted by Gasteiger charge is 2.31. The zero-order chi connectivity index (χ0) is 26.8. The molecule has 0 radical (unpaired) electrons. The van der Waals surface area contributed by atoms with E-state index in [0.717, 1.165) is 24.0 Å². The Morgan fingerprint density at radius 3 is 2.05 bits per heavy atom. The van der Waals surface area contributed by atoms with E-state index < -0.39 is 6.04 Å². The third kappa shape index (κ3) is 8.34. The Kier molecular flexibility index (Phi) is 11.0. The third-order valence-electron chi connectivity index (χ3n) is 6.72. The molecular weight excluding hydrogens is 503 g/mol. The quantitative estimate of drug-likeness (QED) is 0.268. The van der Waals surface area contributed by atoms with Crippen molar-refractivity contribution in [1.82, 2.24) is 10.2 Å². The van der Waals surface area contributed by atoms with Gasteiger partial charge in [-0.3, -0.25) is 9.59 Å². The van der Waals surface area contributed by atoms with Crippen molar-refractivity contribution in [1.29, 1.82) is 0 Å². The van der Waals surface area contributed by atoms with Crippen LogP contribution in [-0.2, 0) is 35.4 Å². The van der Waals surface area contributed by atoms with E-state index in [2.05, 4.69) is 36.5 Å². The van der Waals surface area contributed by atoms with Crippen molar-refractivity contribution in [2.45, 2.75) is 71.5 Å². The van der Waals surface area contributed by atoms with Crippen molar-refractivity contribution in [3.8, 4) is 0 Å². The molecule has 4 nitrogen and oxygen atoms in total. The Morgan fingerprint density at radius 2 is 1.46 bits per heavy atom. The van der Waals surface area contributed by atoms with Crippen LogP contribution in [0.3, 0.4) is 0 Å². The van der Waals surface area contributed by atoms with E-state index in [1.807, 2.05) is 44.2 Å². The molecular formula is C31H36Cl2N2O2. The summed E-state index contributed by atoms with van der Waals surface area (Å²) in [5.74, 6) is -0.294. The number of nitrogens with one attached hydrogen (secondary N) is 1. The molecule has 0 saturated carbocycles. The van der Waals surface area contributed by atoms with Gasteiger partial charge >= 0.3 is 0 Å². The summed E-state index contributed by atoms with van der Waals surface area (Å²) >= 11 is 13.0. The Labute approximate surface area is 231 Å². The van der Waals surface area contributed by atoms with Gasteiger partial charge in [-0.2, -0.15) is 0 Å². The third-order valence-corrected chi connectivity index (χ3v) is 7.43. The van der Waals surface area contributed by atoms with E-state index in [-0.39, 0.29) is 30.8 Å². The maximum atomic E-state index is 13.8. The molecule has 0 heterocycles. The van der Waals surface area contributed by atoms with Crippen molar-refractivity contribution < 1.29 is 9.59 Å². The van der Waals surface area contributed by atoms with Crippen LogP contribution in [0.2, 0.25) is 10.0 Å². The molecule has 6 heteroatoms. The number of amides is 2. The van der Waals surface area contributed by atoms with Gasteiger partial charge in [0.2, 0.25) is 11.8 Å². The van der Waals surface area contributed by atoms with Crippen LogP contribution in [0.25, 0.3) is 0 Å². The van der Waals surface area contributed by atoms with Gasteiger partial charge in [0.25, 0.3) is 0 Å². The second kappa shape index (κ2) is 14.2. The van der Waals surface area contributed by atoms with Crippen LogP contribution in [0.1, 0.15) is 55.9 Å². The van der Waals surface area contributed by atoms with Crippen LogP contribution >= 0.6 is 23.2 Å². The Balaban J connectivity index is 1.94. The second-order valence-corrected chi connectivity index (χ2v) is 10.2. The molecule has 0 spiro atoms. The average Bonchev–Trinajstić information content (AvgIpc) is 2.91. The summed E-state index contributed by atoms with van der Waals surface area (Å²) in [6.45, 7) is 6.26. The van der Waals surface area contributed by atoms with E-state index in [4.69, 9.17) is 23.2 Å². The highest BCUT2D eigenvalue weighted by atomic mass is 35.5. The van der Waals surface area contributed by atoms with Crippen molar-refractivity contribution in [2.75, 3.05) is 0 Å².